The molecule has 5 fully saturated rings. The average molecular weight is 401 g/mol. The smallest absolute Gasteiger partial charge is 0.422 e. The molecule has 5 rings (SSSR count). The number of carbonyl (C=O) groups excluding carboxylic acids is 2. The Bertz CT molecular complexity index is 583. The molecule has 1 N–H and O–H groups in total. The Morgan fingerprint density at radius 2 is 1.46 bits per heavy atom. The van der Waals surface area contributed by atoms with Crippen LogP contribution in [0.4, 0.5) is 13.2 Å². The molecule has 0 aromatic rings. The van der Waals surface area contributed by atoms with Gasteiger partial charge in [-0.15, -0.1) is 0 Å². The van der Waals surface area contributed by atoms with Gasteiger partial charge in [-0.3, -0.25) is 9.59 Å². The van der Waals surface area contributed by atoms with Crippen LogP contribution < -0.4 is 5.32 Å². The Morgan fingerprint density at radius 1 is 0.929 bits per heavy atom. The van der Waals surface area contributed by atoms with Gasteiger partial charge in [-0.05, 0) is 74.5 Å². The van der Waals surface area contributed by atoms with Gasteiger partial charge >= 0.3 is 12.1 Å². The van der Waals surface area contributed by atoms with E-state index < -0.39 is 30.6 Å². The molecule has 5 aliphatic rings. The lowest BCUT2D eigenvalue weighted by atomic mass is 9.49. The van der Waals surface area contributed by atoms with Crippen molar-refractivity contribution >= 4 is 11.9 Å². The van der Waals surface area contributed by atoms with Gasteiger partial charge in [0, 0.05) is 6.54 Å². The van der Waals surface area contributed by atoms with Gasteiger partial charge in [0.25, 0.3) is 0 Å². The Kier molecular flexibility index (Phi) is 5.38. The topological polar surface area (TPSA) is 55.4 Å². The van der Waals surface area contributed by atoms with Crippen molar-refractivity contribution in [1.29, 1.82) is 0 Å². The summed E-state index contributed by atoms with van der Waals surface area (Å²) >= 11 is 0. The maximum Gasteiger partial charge on any atom is 0.422 e. The molecular weight excluding hydrogens is 371 g/mol. The molecule has 28 heavy (non-hydrogen) atoms. The van der Waals surface area contributed by atoms with Crippen LogP contribution in [0.15, 0.2) is 0 Å². The molecule has 0 saturated heterocycles. The number of nitrogens with one attached hydrogen (secondary N) is 1. The summed E-state index contributed by atoms with van der Waals surface area (Å²) in [6.07, 6.45) is 5.53. The molecule has 2 atom stereocenters. The standard InChI is InChI=1S/C21H30F3NO3/c22-21(23,24)12-28-19(27)17-4-2-1-3-16(17)18(26)25-11-20-8-13-5-14(9-20)7-15(6-13)10-20/h13-17H,1-12H2,(H,25,26)/t13?,14?,15?,16-,17+,20?/m0/s1. The third-order valence-electron chi connectivity index (χ3n) is 7.59. The summed E-state index contributed by atoms with van der Waals surface area (Å²) in [5.41, 5.74) is 0.200. The second-order valence-electron chi connectivity index (χ2n) is 9.86. The van der Waals surface area contributed by atoms with Crippen LogP contribution in [0.2, 0.25) is 0 Å². The van der Waals surface area contributed by atoms with E-state index in [1.165, 1.54) is 38.5 Å². The molecule has 158 valence electrons. The predicted octanol–water partition coefficient (Wildman–Crippen LogP) is 4.23. The second-order valence-corrected chi connectivity index (χ2v) is 9.86. The molecule has 7 heteroatoms. The number of carbonyl (C=O) groups is 2. The number of amides is 1. The maximum atomic E-state index is 12.9. The van der Waals surface area contributed by atoms with E-state index in [2.05, 4.69) is 10.1 Å². The van der Waals surface area contributed by atoms with E-state index in [4.69, 9.17) is 0 Å². The van der Waals surface area contributed by atoms with Gasteiger partial charge in [0.1, 0.15) is 0 Å². The summed E-state index contributed by atoms with van der Waals surface area (Å²) in [5.74, 6) is 0.000949. The van der Waals surface area contributed by atoms with Crippen LogP contribution in [0.1, 0.15) is 64.2 Å². The molecule has 0 aromatic carbocycles. The fourth-order valence-electron chi connectivity index (χ4n) is 6.90. The minimum Gasteiger partial charge on any atom is -0.456 e. The summed E-state index contributed by atoms with van der Waals surface area (Å²) in [7, 11) is 0. The SMILES string of the molecule is O=C(NCC12CC3CC(CC(C3)C1)C2)[C@H]1CCCC[C@H]1C(=O)OCC(F)(F)F. The van der Waals surface area contributed by atoms with Crippen molar-refractivity contribution in [3.8, 4) is 0 Å². The first kappa shape index (κ1) is 20.0. The van der Waals surface area contributed by atoms with Gasteiger partial charge in [0.2, 0.25) is 5.91 Å². The van der Waals surface area contributed by atoms with Crippen LogP contribution in [-0.4, -0.2) is 31.2 Å². The molecule has 0 spiro atoms. The van der Waals surface area contributed by atoms with E-state index in [1.807, 2.05) is 0 Å². The third kappa shape index (κ3) is 4.33. The van der Waals surface area contributed by atoms with E-state index in [9.17, 15) is 22.8 Å². The lowest BCUT2D eigenvalue weighted by Crippen LogP contribution is -2.52. The van der Waals surface area contributed by atoms with E-state index in [-0.39, 0.29) is 11.3 Å². The number of alkyl halides is 3. The van der Waals surface area contributed by atoms with Gasteiger partial charge in [-0.1, -0.05) is 12.8 Å². The van der Waals surface area contributed by atoms with Crippen LogP contribution >= 0.6 is 0 Å². The monoisotopic (exact) mass is 401 g/mol. The largest absolute Gasteiger partial charge is 0.456 e. The number of hydrogen-bond donors (Lipinski definition) is 1. The molecule has 4 nitrogen and oxygen atoms in total. The Hall–Kier alpha value is -1.27. The zero-order chi connectivity index (χ0) is 19.9. The number of hydrogen-bond acceptors (Lipinski definition) is 3. The van der Waals surface area contributed by atoms with Crippen LogP contribution in [-0.2, 0) is 14.3 Å². The summed E-state index contributed by atoms with van der Waals surface area (Å²) in [6, 6.07) is 0. The molecule has 5 saturated carbocycles. The molecule has 4 bridgehead atoms. The highest BCUT2D eigenvalue weighted by Crippen LogP contribution is 2.59. The minimum atomic E-state index is -4.54. The highest BCUT2D eigenvalue weighted by atomic mass is 19.4. The number of rotatable bonds is 5. The van der Waals surface area contributed by atoms with Crippen LogP contribution in [0.25, 0.3) is 0 Å². The van der Waals surface area contributed by atoms with E-state index in [1.54, 1.807) is 0 Å². The molecule has 0 radical (unpaired) electrons. The molecular formula is C21H30F3NO3. The first-order chi connectivity index (χ1) is 13.2. The molecule has 0 unspecified atom stereocenters. The number of ether oxygens (including phenoxy) is 1. The third-order valence-corrected chi connectivity index (χ3v) is 7.59. The van der Waals surface area contributed by atoms with Crippen LogP contribution in [0.3, 0.4) is 0 Å². The molecule has 0 aliphatic heterocycles. The number of halogens is 3. The fourth-order valence-corrected chi connectivity index (χ4v) is 6.90. The molecule has 0 heterocycles. The van der Waals surface area contributed by atoms with E-state index in [0.29, 0.717) is 19.4 Å². The minimum absolute atomic E-state index is 0.176. The number of esters is 1. The Balaban J connectivity index is 1.34. The summed E-state index contributed by atoms with van der Waals surface area (Å²) in [6.45, 7) is -0.930. The van der Waals surface area contributed by atoms with Crippen molar-refractivity contribution in [1.82, 2.24) is 5.32 Å². The second kappa shape index (κ2) is 7.52. The van der Waals surface area contributed by atoms with Gasteiger partial charge < -0.3 is 10.1 Å². The van der Waals surface area contributed by atoms with Gasteiger partial charge in [-0.2, -0.15) is 13.2 Å². The zero-order valence-electron chi connectivity index (χ0n) is 16.2. The molecule has 0 aromatic heterocycles. The molecule has 5 aliphatic carbocycles. The summed E-state index contributed by atoms with van der Waals surface area (Å²) in [4.78, 5) is 25.0. The van der Waals surface area contributed by atoms with E-state index in [0.717, 1.165) is 30.6 Å². The maximum absolute atomic E-state index is 12.9. The normalized spacial score (nSPS) is 39.6. The van der Waals surface area contributed by atoms with Crippen molar-refractivity contribution < 1.29 is 27.5 Å². The quantitative estimate of drug-likeness (QED) is 0.702. The van der Waals surface area contributed by atoms with Crippen molar-refractivity contribution in [3.05, 3.63) is 0 Å². The van der Waals surface area contributed by atoms with Gasteiger partial charge in [0.05, 0.1) is 11.8 Å². The van der Waals surface area contributed by atoms with Gasteiger partial charge in [-0.25, -0.2) is 0 Å². The van der Waals surface area contributed by atoms with E-state index >= 15 is 0 Å². The Morgan fingerprint density at radius 3 is 2.00 bits per heavy atom. The lowest BCUT2D eigenvalue weighted by molar-refractivity contribution is -0.191. The highest BCUT2D eigenvalue weighted by Gasteiger charge is 2.51. The van der Waals surface area contributed by atoms with Crippen LogP contribution in [0, 0.1) is 35.0 Å². The van der Waals surface area contributed by atoms with Crippen molar-refractivity contribution in [2.24, 2.45) is 35.0 Å². The zero-order valence-corrected chi connectivity index (χ0v) is 16.2. The average Bonchev–Trinajstić information content (AvgIpc) is 2.62. The fraction of sp³-hybridized carbons (Fsp3) is 0.905. The first-order valence-electron chi connectivity index (χ1n) is 10.7. The first-order valence-corrected chi connectivity index (χ1v) is 10.7. The van der Waals surface area contributed by atoms with Crippen molar-refractivity contribution in [2.45, 2.75) is 70.4 Å². The van der Waals surface area contributed by atoms with Crippen molar-refractivity contribution in [3.63, 3.8) is 0 Å². The highest BCUT2D eigenvalue weighted by molar-refractivity contribution is 5.85. The Labute approximate surface area is 163 Å². The lowest BCUT2D eigenvalue weighted by Gasteiger charge is -2.57. The summed E-state index contributed by atoms with van der Waals surface area (Å²) < 4.78 is 41.5. The molecule has 1 amide bonds. The van der Waals surface area contributed by atoms with Crippen LogP contribution in [0.5, 0.6) is 0 Å². The predicted molar refractivity (Wildman–Crippen MR) is 96.1 cm³/mol. The van der Waals surface area contributed by atoms with Gasteiger partial charge in [0.15, 0.2) is 6.61 Å². The summed E-state index contributed by atoms with van der Waals surface area (Å²) in [5, 5.41) is 3.10. The van der Waals surface area contributed by atoms with Crippen molar-refractivity contribution in [2.75, 3.05) is 13.2 Å².